The Morgan fingerprint density at radius 3 is 2.40 bits per heavy atom. The number of amides is 1. The zero-order valence-electron chi connectivity index (χ0n) is 17.1. The van der Waals surface area contributed by atoms with E-state index in [1.165, 1.54) is 5.56 Å². The number of aliphatic carboxylic acids is 1. The number of carbonyl (C=O) groups is 2. The van der Waals surface area contributed by atoms with Crippen molar-refractivity contribution in [3.8, 4) is 5.75 Å². The average Bonchev–Trinajstić information content (AvgIpc) is 2.71. The van der Waals surface area contributed by atoms with Gasteiger partial charge in [0.05, 0.1) is 6.42 Å². The number of aryl methyl sites for hydroxylation is 2. The minimum atomic E-state index is -0.880. The third-order valence-corrected chi connectivity index (χ3v) is 4.74. The maximum Gasteiger partial charge on any atom is 0.307 e. The predicted molar refractivity (Wildman–Crippen MR) is 116 cm³/mol. The number of carbonyl (C=O) groups excluding carboxylic acids is 1. The number of benzene rings is 3. The highest BCUT2D eigenvalue weighted by Gasteiger charge is 2.11. The Bertz CT molecular complexity index is 1060. The van der Waals surface area contributed by atoms with Gasteiger partial charge in [0.25, 0.3) is 5.91 Å². The minimum absolute atomic E-state index is 0.0405. The lowest BCUT2D eigenvalue weighted by Crippen LogP contribution is -2.23. The van der Waals surface area contributed by atoms with Crippen LogP contribution in [-0.2, 0) is 24.4 Å². The number of rotatable bonds is 8. The molecule has 5 nitrogen and oxygen atoms in total. The maximum absolute atomic E-state index is 12.7. The normalized spacial score (nSPS) is 10.5. The minimum Gasteiger partial charge on any atom is -0.489 e. The largest absolute Gasteiger partial charge is 0.489 e. The fourth-order valence-corrected chi connectivity index (χ4v) is 3.21. The van der Waals surface area contributed by atoms with E-state index in [0.29, 0.717) is 30.0 Å². The van der Waals surface area contributed by atoms with Gasteiger partial charge in [-0.1, -0.05) is 60.2 Å². The van der Waals surface area contributed by atoms with Crippen molar-refractivity contribution in [3.63, 3.8) is 0 Å². The predicted octanol–water partition coefficient (Wildman–Crippen LogP) is 4.44. The summed E-state index contributed by atoms with van der Waals surface area (Å²) in [6.45, 7) is 4.67. The number of hydrogen-bond acceptors (Lipinski definition) is 3. The number of carboxylic acids is 1. The Morgan fingerprint density at radius 2 is 1.63 bits per heavy atom. The smallest absolute Gasteiger partial charge is 0.307 e. The summed E-state index contributed by atoms with van der Waals surface area (Å²) < 4.78 is 5.87. The van der Waals surface area contributed by atoms with E-state index in [9.17, 15) is 9.59 Å². The molecule has 0 bridgehead atoms. The molecule has 2 N–H and O–H groups in total. The van der Waals surface area contributed by atoms with Crippen molar-refractivity contribution in [3.05, 3.63) is 100 Å². The van der Waals surface area contributed by atoms with Gasteiger partial charge in [-0.3, -0.25) is 9.59 Å². The third kappa shape index (κ3) is 5.95. The van der Waals surface area contributed by atoms with Crippen LogP contribution in [0.25, 0.3) is 0 Å². The van der Waals surface area contributed by atoms with Gasteiger partial charge in [0.1, 0.15) is 12.4 Å². The average molecular weight is 403 g/mol. The van der Waals surface area contributed by atoms with Crippen molar-refractivity contribution in [1.82, 2.24) is 5.32 Å². The fraction of sp³-hybridized carbons (Fsp3) is 0.200. The van der Waals surface area contributed by atoms with Gasteiger partial charge >= 0.3 is 5.97 Å². The second-order valence-electron chi connectivity index (χ2n) is 7.33. The summed E-state index contributed by atoms with van der Waals surface area (Å²) in [6.07, 6.45) is -0.0405. The summed E-state index contributed by atoms with van der Waals surface area (Å²) >= 11 is 0. The molecule has 30 heavy (non-hydrogen) atoms. The van der Waals surface area contributed by atoms with E-state index in [0.717, 1.165) is 16.7 Å². The van der Waals surface area contributed by atoms with E-state index in [1.54, 1.807) is 24.3 Å². The summed E-state index contributed by atoms with van der Waals surface area (Å²) in [4.78, 5) is 23.6. The first-order valence-corrected chi connectivity index (χ1v) is 9.77. The Balaban J connectivity index is 1.64. The van der Waals surface area contributed by atoms with E-state index in [-0.39, 0.29) is 12.3 Å². The van der Waals surface area contributed by atoms with Gasteiger partial charge in [0.15, 0.2) is 0 Å². The second-order valence-corrected chi connectivity index (χ2v) is 7.33. The van der Waals surface area contributed by atoms with Crippen LogP contribution < -0.4 is 10.1 Å². The lowest BCUT2D eigenvalue weighted by molar-refractivity contribution is -0.136. The zero-order chi connectivity index (χ0) is 21.5. The van der Waals surface area contributed by atoms with Crippen LogP contribution in [-0.4, -0.2) is 17.0 Å². The number of carboxylic acid groups (broad SMARTS) is 1. The fourth-order valence-electron chi connectivity index (χ4n) is 3.21. The van der Waals surface area contributed by atoms with Crippen LogP contribution in [0.15, 0.2) is 66.7 Å². The van der Waals surface area contributed by atoms with Crippen molar-refractivity contribution in [2.75, 3.05) is 0 Å². The molecule has 0 aliphatic heterocycles. The van der Waals surface area contributed by atoms with Crippen molar-refractivity contribution in [2.24, 2.45) is 0 Å². The summed E-state index contributed by atoms with van der Waals surface area (Å²) in [5.74, 6) is -0.442. The Hall–Kier alpha value is -3.60. The molecule has 0 saturated heterocycles. The molecule has 0 heterocycles. The summed E-state index contributed by atoms with van der Waals surface area (Å²) in [6, 6.07) is 20.8. The number of nitrogens with one attached hydrogen (secondary N) is 1. The summed E-state index contributed by atoms with van der Waals surface area (Å²) in [7, 11) is 0. The molecular weight excluding hydrogens is 378 g/mol. The van der Waals surface area contributed by atoms with E-state index in [2.05, 4.69) is 11.4 Å². The molecule has 5 heteroatoms. The maximum atomic E-state index is 12.7. The molecule has 0 unspecified atom stereocenters. The van der Waals surface area contributed by atoms with Crippen LogP contribution in [0.1, 0.15) is 38.2 Å². The lowest BCUT2D eigenvalue weighted by Gasteiger charge is -2.12. The highest BCUT2D eigenvalue weighted by atomic mass is 16.5. The molecule has 3 aromatic carbocycles. The van der Waals surface area contributed by atoms with Gasteiger partial charge < -0.3 is 15.2 Å². The van der Waals surface area contributed by atoms with Gasteiger partial charge in [-0.05, 0) is 48.2 Å². The highest BCUT2D eigenvalue weighted by Crippen LogP contribution is 2.19. The quantitative estimate of drug-likeness (QED) is 0.583. The Morgan fingerprint density at radius 1 is 0.900 bits per heavy atom. The topological polar surface area (TPSA) is 75.6 Å². The molecule has 1 amide bonds. The summed E-state index contributed by atoms with van der Waals surface area (Å²) in [5, 5.41) is 11.8. The van der Waals surface area contributed by atoms with Crippen molar-refractivity contribution in [1.29, 1.82) is 0 Å². The molecule has 0 fully saturated rings. The van der Waals surface area contributed by atoms with Crippen molar-refractivity contribution < 1.29 is 19.4 Å². The van der Waals surface area contributed by atoms with Crippen LogP contribution in [0, 0.1) is 13.8 Å². The molecule has 0 saturated carbocycles. The molecule has 0 atom stereocenters. The lowest BCUT2D eigenvalue weighted by atomic mass is 10.1. The standard InChI is InChI=1S/C25H25NO4/c1-17-5-3-8-21(11-17)16-30-22-10-9-18(2)23(14-22)25(29)26-15-20-7-4-6-19(12-20)13-24(27)28/h3-12,14H,13,15-16H2,1-2H3,(H,26,29)(H,27,28). The summed E-state index contributed by atoms with van der Waals surface area (Å²) in [5.41, 5.74) is 5.22. The molecule has 0 aliphatic rings. The van der Waals surface area contributed by atoms with Crippen LogP contribution in [0.2, 0.25) is 0 Å². The van der Waals surface area contributed by atoms with E-state index < -0.39 is 5.97 Å². The molecule has 0 radical (unpaired) electrons. The molecule has 0 aliphatic carbocycles. The molecule has 0 spiro atoms. The van der Waals surface area contributed by atoms with Crippen molar-refractivity contribution in [2.45, 2.75) is 33.4 Å². The van der Waals surface area contributed by atoms with Gasteiger partial charge in [-0.15, -0.1) is 0 Å². The molecular formula is C25H25NO4. The molecule has 0 aromatic heterocycles. The van der Waals surface area contributed by atoms with E-state index >= 15 is 0 Å². The number of hydrogen-bond donors (Lipinski definition) is 2. The highest BCUT2D eigenvalue weighted by molar-refractivity contribution is 5.96. The van der Waals surface area contributed by atoms with E-state index in [1.807, 2.05) is 50.2 Å². The SMILES string of the molecule is Cc1cccc(COc2ccc(C)c(C(=O)NCc3cccc(CC(=O)O)c3)c2)c1. The van der Waals surface area contributed by atoms with Gasteiger partial charge in [0, 0.05) is 12.1 Å². The van der Waals surface area contributed by atoms with Crippen molar-refractivity contribution >= 4 is 11.9 Å². The first kappa shape index (κ1) is 21.1. The molecule has 154 valence electrons. The van der Waals surface area contributed by atoms with Gasteiger partial charge in [-0.2, -0.15) is 0 Å². The Kier molecular flexibility index (Phi) is 6.86. The van der Waals surface area contributed by atoms with Crippen LogP contribution in [0.3, 0.4) is 0 Å². The van der Waals surface area contributed by atoms with Gasteiger partial charge in [0.2, 0.25) is 0 Å². The van der Waals surface area contributed by atoms with E-state index in [4.69, 9.17) is 9.84 Å². The zero-order valence-corrected chi connectivity index (χ0v) is 17.1. The third-order valence-electron chi connectivity index (χ3n) is 4.74. The molecule has 3 rings (SSSR count). The van der Waals surface area contributed by atoms with Crippen LogP contribution >= 0.6 is 0 Å². The first-order valence-electron chi connectivity index (χ1n) is 9.77. The Labute approximate surface area is 176 Å². The van der Waals surface area contributed by atoms with Gasteiger partial charge in [-0.25, -0.2) is 0 Å². The monoisotopic (exact) mass is 403 g/mol. The van der Waals surface area contributed by atoms with Crippen LogP contribution in [0.4, 0.5) is 0 Å². The number of ether oxygens (including phenoxy) is 1. The first-order chi connectivity index (χ1) is 14.4. The second kappa shape index (κ2) is 9.74. The van der Waals surface area contributed by atoms with Crippen LogP contribution in [0.5, 0.6) is 5.75 Å². The molecule has 3 aromatic rings.